The standard InChI is InChI=1S/C30H34ClN7O3/c1-19(2)41-30(40)38-13-11-37(12-14-38)29-22-7-6-21(31)16-23(22)24(15-20-5-4-10-34-27(20)29)28(35-26(39)8-9-32)25-17-33-18-36(25)3/h4-7,10,15-19,28-30,40H,8,11-14H2,1-3H3,(H,35,39). The van der Waals surface area contributed by atoms with E-state index in [4.69, 9.17) is 21.3 Å². The first-order valence-corrected chi connectivity index (χ1v) is 14.0. The van der Waals surface area contributed by atoms with E-state index >= 15 is 0 Å². The van der Waals surface area contributed by atoms with Crippen LogP contribution in [0.3, 0.4) is 0 Å². The number of carbonyl (C=O) groups is 1. The molecule has 10 nitrogen and oxygen atoms in total. The molecule has 11 heteroatoms. The first kappa shape index (κ1) is 28.9. The van der Waals surface area contributed by atoms with Crippen LogP contribution in [0.4, 0.5) is 0 Å². The van der Waals surface area contributed by atoms with Crippen molar-refractivity contribution in [3.63, 3.8) is 0 Å². The highest BCUT2D eigenvalue weighted by molar-refractivity contribution is 6.30. The molecule has 5 rings (SSSR count). The average Bonchev–Trinajstić information content (AvgIpc) is 3.31. The van der Waals surface area contributed by atoms with Crippen LogP contribution in [0, 0.1) is 11.3 Å². The number of hydrogen-bond donors (Lipinski definition) is 2. The lowest BCUT2D eigenvalue weighted by molar-refractivity contribution is -0.218. The number of carbonyl (C=O) groups excluding carboxylic acids is 1. The number of amides is 1. The quantitative estimate of drug-likeness (QED) is 0.392. The number of rotatable bonds is 8. The Morgan fingerprint density at radius 3 is 2.73 bits per heavy atom. The van der Waals surface area contributed by atoms with Gasteiger partial charge in [-0.15, -0.1) is 0 Å². The number of nitriles is 1. The van der Waals surface area contributed by atoms with Gasteiger partial charge in [-0.2, -0.15) is 5.26 Å². The van der Waals surface area contributed by atoms with Crippen molar-refractivity contribution in [1.29, 1.82) is 5.26 Å². The number of nitrogens with one attached hydrogen (secondary N) is 1. The number of aliphatic hydroxyl groups excluding tert-OH is 1. The van der Waals surface area contributed by atoms with Crippen molar-refractivity contribution in [3.8, 4) is 6.07 Å². The van der Waals surface area contributed by atoms with Crippen LogP contribution < -0.4 is 5.32 Å². The number of piperazine rings is 1. The molecule has 3 heterocycles. The molecule has 1 aliphatic carbocycles. The third-order valence-electron chi connectivity index (χ3n) is 7.49. The van der Waals surface area contributed by atoms with Gasteiger partial charge in [-0.25, -0.2) is 4.98 Å². The maximum atomic E-state index is 12.8. The Morgan fingerprint density at radius 2 is 2.05 bits per heavy atom. The number of fused-ring (bicyclic) bond motifs is 2. The number of aryl methyl sites for hydroxylation is 1. The van der Waals surface area contributed by atoms with E-state index in [1.807, 2.05) is 66.8 Å². The summed E-state index contributed by atoms with van der Waals surface area (Å²) in [5.74, 6) is -0.381. The lowest BCUT2D eigenvalue weighted by Gasteiger charge is -2.41. The van der Waals surface area contributed by atoms with Crippen molar-refractivity contribution < 1.29 is 14.6 Å². The predicted octanol–water partition coefficient (Wildman–Crippen LogP) is 3.50. The molecular weight excluding hydrogens is 542 g/mol. The molecule has 1 saturated heterocycles. The van der Waals surface area contributed by atoms with Crippen molar-refractivity contribution in [2.45, 2.75) is 44.9 Å². The molecule has 1 fully saturated rings. The van der Waals surface area contributed by atoms with Crippen LogP contribution in [0.1, 0.15) is 60.4 Å². The number of nitrogens with zero attached hydrogens (tertiary/aromatic N) is 6. The molecule has 0 saturated carbocycles. The Labute approximate surface area is 244 Å². The minimum Gasteiger partial charge on any atom is -0.356 e. The molecule has 2 aliphatic rings. The molecule has 3 unspecified atom stereocenters. The second kappa shape index (κ2) is 12.5. The molecule has 1 amide bonds. The van der Waals surface area contributed by atoms with Gasteiger partial charge in [0.05, 0.1) is 48.2 Å². The summed E-state index contributed by atoms with van der Waals surface area (Å²) in [6.45, 7) is 6.42. The van der Waals surface area contributed by atoms with Crippen molar-refractivity contribution in [1.82, 2.24) is 29.7 Å². The third kappa shape index (κ3) is 6.20. The average molecular weight is 576 g/mol. The summed E-state index contributed by atoms with van der Waals surface area (Å²) in [5.41, 5.74) is 5.30. The smallest absolute Gasteiger partial charge is 0.235 e. The summed E-state index contributed by atoms with van der Waals surface area (Å²) in [5, 5.41) is 23.4. The van der Waals surface area contributed by atoms with Crippen LogP contribution in [0.5, 0.6) is 0 Å². The Bertz CT molecular complexity index is 1470. The minimum atomic E-state index is -0.951. The summed E-state index contributed by atoms with van der Waals surface area (Å²) in [6, 6.07) is 10.9. The maximum Gasteiger partial charge on any atom is 0.235 e. The molecule has 214 valence electrons. The Morgan fingerprint density at radius 1 is 1.27 bits per heavy atom. The summed E-state index contributed by atoms with van der Waals surface area (Å²) in [6.07, 6.45) is 5.96. The summed E-state index contributed by atoms with van der Waals surface area (Å²) in [7, 11) is 1.87. The van der Waals surface area contributed by atoms with Gasteiger partial charge in [-0.3, -0.25) is 19.6 Å². The number of hydrogen-bond acceptors (Lipinski definition) is 8. The number of imidazole rings is 1. The van der Waals surface area contributed by atoms with E-state index < -0.39 is 12.5 Å². The van der Waals surface area contributed by atoms with Crippen molar-refractivity contribution in [2.24, 2.45) is 7.05 Å². The fourth-order valence-electron chi connectivity index (χ4n) is 5.58. The zero-order valence-corrected chi connectivity index (χ0v) is 24.1. The van der Waals surface area contributed by atoms with Crippen LogP contribution in [-0.4, -0.2) is 74.0 Å². The molecule has 0 bridgehead atoms. The molecule has 0 radical (unpaired) electrons. The predicted molar refractivity (Wildman–Crippen MR) is 155 cm³/mol. The van der Waals surface area contributed by atoms with Gasteiger partial charge in [0.25, 0.3) is 0 Å². The second-order valence-electron chi connectivity index (χ2n) is 10.6. The molecule has 1 aliphatic heterocycles. The monoisotopic (exact) mass is 575 g/mol. The van der Waals surface area contributed by atoms with Gasteiger partial charge in [0.2, 0.25) is 12.3 Å². The van der Waals surface area contributed by atoms with Crippen molar-refractivity contribution >= 4 is 29.2 Å². The van der Waals surface area contributed by atoms with Gasteiger partial charge in [0.15, 0.2) is 0 Å². The van der Waals surface area contributed by atoms with E-state index in [1.54, 1.807) is 18.7 Å². The third-order valence-corrected chi connectivity index (χ3v) is 7.72. The van der Waals surface area contributed by atoms with Gasteiger partial charge < -0.3 is 19.7 Å². The molecule has 2 N–H and O–H groups in total. The van der Waals surface area contributed by atoms with E-state index in [1.165, 1.54) is 0 Å². The van der Waals surface area contributed by atoms with E-state index in [-0.39, 0.29) is 24.5 Å². The Balaban J connectivity index is 1.60. The summed E-state index contributed by atoms with van der Waals surface area (Å²) in [4.78, 5) is 26.3. The lowest BCUT2D eigenvalue weighted by atomic mass is 9.89. The van der Waals surface area contributed by atoms with Gasteiger partial charge in [0.1, 0.15) is 6.42 Å². The zero-order chi connectivity index (χ0) is 29.1. The highest BCUT2D eigenvalue weighted by Crippen LogP contribution is 2.44. The fourth-order valence-corrected chi connectivity index (χ4v) is 5.76. The Hall–Kier alpha value is -3.59. The van der Waals surface area contributed by atoms with Crippen molar-refractivity contribution in [3.05, 3.63) is 82.2 Å². The molecular formula is C30H34ClN7O3. The SMILES string of the molecule is CC(C)OC(O)N1CCN(C2c3ccc(Cl)cc3C(C(NC(=O)CC#N)c3cncn3C)=Cc3cccnc32)CC1. The lowest BCUT2D eigenvalue weighted by Crippen LogP contribution is -2.52. The molecule has 0 spiro atoms. The topological polar surface area (TPSA) is 120 Å². The number of benzene rings is 1. The van der Waals surface area contributed by atoms with E-state index in [2.05, 4.69) is 21.3 Å². The van der Waals surface area contributed by atoms with Crippen LogP contribution >= 0.6 is 11.6 Å². The van der Waals surface area contributed by atoms with Crippen molar-refractivity contribution in [2.75, 3.05) is 26.2 Å². The number of halogens is 1. The summed E-state index contributed by atoms with van der Waals surface area (Å²) < 4.78 is 7.48. The number of pyridine rings is 1. The zero-order valence-electron chi connectivity index (χ0n) is 23.4. The molecule has 1 aromatic carbocycles. The molecule has 41 heavy (non-hydrogen) atoms. The van der Waals surface area contributed by atoms with Gasteiger partial charge in [-0.1, -0.05) is 23.7 Å². The fraction of sp³-hybridized carbons (Fsp3) is 0.400. The first-order chi connectivity index (χ1) is 19.8. The van der Waals surface area contributed by atoms with Crippen LogP contribution in [0.15, 0.2) is 49.1 Å². The highest BCUT2D eigenvalue weighted by atomic mass is 35.5. The van der Waals surface area contributed by atoms with Crippen LogP contribution in [0.2, 0.25) is 5.02 Å². The van der Waals surface area contributed by atoms with Gasteiger partial charge >= 0.3 is 0 Å². The number of aromatic nitrogens is 3. The second-order valence-corrected chi connectivity index (χ2v) is 11.0. The largest absolute Gasteiger partial charge is 0.356 e. The van der Waals surface area contributed by atoms with Gasteiger partial charge in [0, 0.05) is 44.4 Å². The molecule has 3 aromatic rings. The van der Waals surface area contributed by atoms with Crippen LogP contribution in [-0.2, 0) is 16.6 Å². The maximum absolute atomic E-state index is 12.8. The molecule has 3 atom stereocenters. The van der Waals surface area contributed by atoms with E-state index in [9.17, 15) is 15.2 Å². The van der Waals surface area contributed by atoms with E-state index in [0.29, 0.717) is 31.2 Å². The molecule has 2 aromatic heterocycles. The first-order valence-electron chi connectivity index (χ1n) is 13.7. The van der Waals surface area contributed by atoms with Gasteiger partial charge in [-0.05, 0) is 60.4 Å². The number of ether oxygens (including phenoxy) is 1. The highest BCUT2D eigenvalue weighted by Gasteiger charge is 2.36. The number of aliphatic hydroxyl groups is 1. The van der Waals surface area contributed by atoms with E-state index in [0.717, 1.165) is 33.7 Å². The van der Waals surface area contributed by atoms with Crippen LogP contribution in [0.25, 0.3) is 11.6 Å². The summed E-state index contributed by atoms with van der Waals surface area (Å²) >= 11 is 6.60. The minimum absolute atomic E-state index is 0.0805. The normalized spacial score (nSPS) is 19.0. The Kier molecular flexibility index (Phi) is 8.82.